The van der Waals surface area contributed by atoms with E-state index in [1.807, 2.05) is 0 Å². The molecule has 0 rings (SSSR count). The monoisotopic (exact) mass is 183 g/mol. The normalized spacial score (nSPS) is 14.2. The largest absolute Gasteiger partial charge is 0.397 e. The molecule has 0 spiro atoms. The van der Waals surface area contributed by atoms with E-state index in [4.69, 9.17) is 0 Å². The van der Waals surface area contributed by atoms with E-state index in [-0.39, 0.29) is 0 Å². The van der Waals surface area contributed by atoms with Gasteiger partial charge in [0.15, 0.2) is 0 Å². The third kappa shape index (κ3) is 4.08. The van der Waals surface area contributed by atoms with Gasteiger partial charge in [-0.15, -0.1) is 0 Å². The fraction of sp³-hybridized carbons (Fsp3) is 0.667. The van der Waals surface area contributed by atoms with Crippen LogP contribution in [0.5, 0.6) is 0 Å². The number of Topliss-reactive ketones (excluding diaryl/α,β-unsaturated/α-hetero) is 1. The van der Waals surface area contributed by atoms with Gasteiger partial charge in [0.2, 0.25) is 0 Å². The molecule has 1 nitrogen and oxygen atoms in total. The zero-order chi connectivity index (χ0) is 9.07. The number of carbonyl (C=O) groups excluding carboxylic acids is 1. The number of alkyl halides is 3. The summed E-state index contributed by atoms with van der Waals surface area (Å²) < 4.78 is 35.4. The summed E-state index contributed by atoms with van der Waals surface area (Å²) in [5.41, 5.74) is 0. The van der Waals surface area contributed by atoms with Gasteiger partial charge < -0.3 is 0 Å². The maximum atomic E-state index is 11.8. The van der Waals surface area contributed by atoms with Crippen LogP contribution in [0, 0.1) is 5.92 Å². The van der Waals surface area contributed by atoms with Crippen molar-refractivity contribution < 1.29 is 18.0 Å². The first-order chi connectivity index (χ1) is 4.88. The van der Waals surface area contributed by atoms with E-state index in [1.54, 1.807) is 5.37 Å². The van der Waals surface area contributed by atoms with Crippen LogP contribution in [0.1, 0.15) is 13.3 Å². The molecule has 5 heteroatoms. The van der Waals surface area contributed by atoms with Crippen molar-refractivity contribution in [3.63, 3.8) is 0 Å². The predicted molar refractivity (Wildman–Crippen MR) is 37.4 cm³/mol. The summed E-state index contributed by atoms with van der Waals surface area (Å²) >= 11 is 4.02. The highest BCUT2D eigenvalue weighted by Crippen LogP contribution is 2.27. The molecule has 11 heavy (non-hydrogen) atoms. The molecule has 0 aromatic heterocycles. The van der Waals surface area contributed by atoms with Gasteiger partial charge >= 0.3 is 6.18 Å². The Hall–Kier alpha value is -0.450. The molecule has 0 bridgehead atoms. The van der Waals surface area contributed by atoms with Crippen molar-refractivity contribution >= 4 is 23.4 Å². The Balaban J connectivity index is 4.18. The van der Waals surface area contributed by atoms with Crippen LogP contribution in [0.25, 0.3) is 0 Å². The predicted octanol–water partition coefficient (Wildman–Crippen LogP) is 2.02. The van der Waals surface area contributed by atoms with Gasteiger partial charge in [0, 0.05) is 11.8 Å². The highest BCUT2D eigenvalue weighted by molar-refractivity contribution is 7.79. The standard InChI is InChI=1S/C6H6F3OS/c1-4(10)2-5(3-11)6(7,8)9/h5H,2H2,1H3. The maximum Gasteiger partial charge on any atom is 0.397 e. The third-order valence-corrected chi connectivity index (χ3v) is 1.31. The lowest BCUT2D eigenvalue weighted by atomic mass is 10.1. The number of rotatable bonds is 3. The average Bonchev–Trinajstić information content (AvgIpc) is 1.79. The van der Waals surface area contributed by atoms with Gasteiger partial charge in [-0.1, -0.05) is 12.2 Å². The maximum absolute atomic E-state index is 11.8. The zero-order valence-electron chi connectivity index (χ0n) is 5.73. The Labute approximate surface area is 67.6 Å². The Bertz CT molecular complexity index is 164. The number of thiocarbonyl (C=S) groups is 1. The van der Waals surface area contributed by atoms with Crippen molar-refractivity contribution in [2.45, 2.75) is 19.5 Å². The Kier molecular flexibility index (Phi) is 3.65. The van der Waals surface area contributed by atoms with Crippen LogP contribution in [-0.2, 0) is 4.79 Å². The minimum absolute atomic E-state index is 0.537. The molecule has 0 aromatic rings. The smallest absolute Gasteiger partial charge is 0.300 e. The fourth-order valence-electron chi connectivity index (χ4n) is 0.512. The van der Waals surface area contributed by atoms with E-state index in [2.05, 4.69) is 12.2 Å². The molecular weight excluding hydrogens is 177 g/mol. The summed E-state index contributed by atoms with van der Waals surface area (Å²) in [6.07, 6.45) is -5.04. The summed E-state index contributed by atoms with van der Waals surface area (Å²) in [6.45, 7) is 1.09. The van der Waals surface area contributed by atoms with E-state index in [1.165, 1.54) is 0 Å². The first-order valence-electron chi connectivity index (χ1n) is 2.81. The van der Waals surface area contributed by atoms with Crippen LogP contribution in [-0.4, -0.2) is 17.3 Å². The fourth-order valence-corrected chi connectivity index (χ4v) is 0.729. The molecule has 0 heterocycles. The highest BCUT2D eigenvalue weighted by atomic mass is 32.1. The van der Waals surface area contributed by atoms with Gasteiger partial charge in [0.05, 0.1) is 5.92 Å². The van der Waals surface area contributed by atoms with E-state index >= 15 is 0 Å². The first-order valence-corrected chi connectivity index (χ1v) is 3.22. The first kappa shape index (κ1) is 10.6. The Morgan fingerprint density at radius 1 is 1.64 bits per heavy atom. The number of ketones is 1. The molecule has 0 saturated heterocycles. The minimum Gasteiger partial charge on any atom is -0.300 e. The van der Waals surface area contributed by atoms with Crippen molar-refractivity contribution in [2.75, 3.05) is 0 Å². The van der Waals surface area contributed by atoms with Gasteiger partial charge in [-0.3, -0.25) is 4.79 Å². The highest BCUT2D eigenvalue weighted by Gasteiger charge is 2.38. The third-order valence-electron chi connectivity index (χ3n) is 1.03. The summed E-state index contributed by atoms with van der Waals surface area (Å²) in [7, 11) is 0. The van der Waals surface area contributed by atoms with Gasteiger partial charge in [0.1, 0.15) is 5.78 Å². The van der Waals surface area contributed by atoms with Crippen LogP contribution in [0.15, 0.2) is 0 Å². The molecule has 0 N–H and O–H groups in total. The number of hydrogen-bond donors (Lipinski definition) is 0. The molecule has 1 radical (unpaired) electrons. The van der Waals surface area contributed by atoms with Gasteiger partial charge in [-0.2, -0.15) is 13.2 Å². The minimum atomic E-state index is -4.44. The van der Waals surface area contributed by atoms with Crippen LogP contribution < -0.4 is 0 Å². The summed E-state index contributed by atoms with van der Waals surface area (Å²) in [4.78, 5) is 10.3. The van der Waals surface area contributed by atoms with Gasteiger partial charge in [0.25, 0.3) is 0 Å². The number of hydrogen-bond acceptors (Lipinski definition) is 2. The Morgan fingerprint density at radius 3 is 2.18 bits per heavy atom. The second-order valence-corrected chi connectivity index (χ2v) is 2.35. The molecule has 0 aromatic carbocycles. The zero-order valence-corrected chi connectivity index (χ0v) is 6.55. The molecule has 1 unspecified atom stereocenters. The molecule has 0 fully saturated rings. The van der Waals surface area contributed by atoms with Crippen LogP contribution in [0.3, 0.4) is 0 Å². The second kappa shape index (κ2) is 3.80. The molecular formula is C6H6F3OS. The molecule has 0 aliphatic rings. The lowest BCUT2D eigenvalue weighted by Gasteiger charge is -2.12. The van der Waals surface area contributed by atoms with E-state index in [0.29, 0.717) is 0 Å². The van der Waals surface area contributed by atoms with Crippen molar-refractivity contribution in [1.29, 1.82) is 0 Å². The van der Waals surface area contributed by atoms with Crippen molar-refractivity contribution in [1.82, 2.24) is 0 Å². The average molecular weight is 183 g/mol. The van der Waals surface area contributed by atoms with Crippen molar-refractivity contribution in [3.8, 4) is 0 Å². The van der Waals surface area contributed by atoms with Crippen molar-refractivity contribution in [2.24, 2.45) is 5.92 Å². The van der Waals surface area contributed by atoms with Crippen LogP contribution in [0.2, 0.25) is 0 Å². The molecule has 0 saturated carbocycles. The Morgan fingerprint density at radius 2 is 2.09 bits per heavy atom. The SMILES string of the molecule is CC(=O)CC([C]=S)C(F)(F)F. The molecule has 1 atom stereocenters. The van der Waals surface area contributed by atoms with E-state index in [0.717, 1.165) is 6.92 Å². The molecule has 63 valence electrons. The quantitative estimate of drug-likeness (QED) is 0.622. The van der Waals surface area contributed by atoms with Gasteiger partial charge in [-0.25, -0.2) is 0 Å². The molecule has 0 amide bonds. The van der Waals surface area contributed by atoms with Crippen LogP contribution in [0.4, 0.5) is 13.2 Å². The van der Waals surface area contributed by atoms with Gasteiger partial charge in [-0.05, 0) is 6.92 Å². The van der Waals surface area contributed by atoms with E-state index < -0.39 is 24.3 Å². The molecule has 0 aliphatic carbocycles. The van der Waals surface area contributed by atoms with Crippen LogP contribution >= 0.6 is 12.2 Å². The lowest BCUT2D eigenvalue weighted by molar-refractivity contribution is -0.158. The summed E-state index contributed by atoms with van der Waals surface area (Å²) in [5, 5.41) is 1.61. The summed E-state index contributed by atoms with van der Waals surface area (Å²) in [6, 6.07) is 0. The summed E-state index contributed by atoms with van der Waals surface area (Å²) in [5.74, 6) is -2.43. The number of carbonyl (C=O) groups is 1. The molecule has 0 aliphatic heterocycles. The lowest BCUT2D eigenvalue weighted by Crippen LogP contribution is -2.25. The topological polar surface area (TPSA) is 17.1 Å². The second-order valence-electron chi connectivity index (χ2n) is 2.12. The number of halogens is 3. The van der Waals surface area contributed by atoms with Crippen molar-refractivity contribution in [3.05, 3.63) is 0 Å². The van der Waals surface area contributed by atoms with E-state index in [9.17, 15) is 18.0 Å².